The Balaban J connectivity index is 2.08. The molecule has 0 spiro atoms. The molecule has 0 aromatic heterocycles. The van der Waals surface area contributed by atoms with Gasteiger partial charge in [-0.3, -0.25) is 0 Å². The van der Waals surface area contributed by atoms with E-state index in [0.717, 1.165) is 35.3 Å². The minimum atomic E-state index is -0.378. The van der Waals surface area contributed by atoms with E-state index in [4.69, 9.17) is 14.2 Å². The zero-order valence-corrected chi connectivity index (χ0v) is 16.7. The smallest absolute Gasteiger partial charge is 0.134 e. The van der Waals surface area contributed by atoms with E-state index in [0.29, 0.717) is 5.92 Å². The number of hydrogen-bond acceptors (Lipinski definition) is 4. The number of unbranched alkanes of at least 4 members (excludes halogenated alkanes) is 2. The Morgan fingerprint density at radius 3 is 2.62 bits per heavy atom. The van der Waals surface area contributed by atoms with Gasteiger partial charge in [0.2, 0.25) is 0 Å². The first-order chi connectivity index (χ1) is 12.4. The highest BCUT2D eigenvalue weighted by Crippen LogP contribution is 2.54. The minimum Gasteiger partial charge on any atom is -0.508 e. The first kappa shape index (κ1) is 19.2. The second-order valence-corrected chi connectivity index (χ2v) is 8.05. The maximum Gasteiger partial charge on any atom is 0.134 e. The summed E-state index contributed by atoms with van der Waals surface area (Å²) in [6.07, 6.45) is 9.38. The van der Waals surface area contributed by atoms with E-state index in [1.165, 1.54) is 19.3 Å². The Labute approximate surface area is 157 Å². The molecule has 26 heavy (non-hydrogen) atoms. The fourth-order valence-corrected chi connectivity index (χ4v) is 4.35. The van der Waals surface area contributed by atoms with Crippen molar-refractivity contribution < 1.29 is 19.3 Å². The molecular weight excluding hydrogens is 328 g/mol. The third-order valence-electron chi connectivity index (χ3n) is 5.66. The summed E-state index contributed by atoms with van der Waals surface area (Å²) in [6.45, 7) is 6.29. The largest absolute Gasteiger partial charge is 0.508 e. The van der Waals surface area contributed by atoms with Gasteiger partial charge in [0, 0.05) is 30.9 Å². The summed E-state index contributed by atoms with van der Waals surface area (Å²) >= 11 is 0. The molecule has 0 saturated carbocycles. The molecule has 1 aliphatic heterocycles. The number of phenols is 1. The third-order valence-corrected chi connectivity index (χ3v) is 5.66. The van der Waals surface area contributed by atoms with E-state index in [2.05, 4.69) is 6.92 Å². The number of phenolic OH excluding ortho intramolecular Hbond substituents is 1. The highest BCUT2D eigenvalue weighted by Gasteiger charge is 2.41. The molecule has 2 aliphatic rings. The summed E-state index contributed by atoms with van der Waals surface area (Å²) < 4.78 is 18.1. The summed E-state index contributed by atoms with van der Waals surface area (Å²) in [5.74, 6) is 1.44. The number of ether oxygens (including phenoxy) is 3. The molecule has 4 nitrogen and oxygen atoms in total. The van der Waals surface area contributed by atoms with Crippen LogP contribution in [0.15, 0.2) is 12.1 Å². The zero-order chi connectivity index (χ0) is 18.9. The Bertz CT molecular complexity index is 677. The van der Waals surface area contributed by atoms with Crippen LogP contribution in [0.4, 0.5) is 0 Å². The maximum absolute atomic E-state index is 10.8. The average Bonchev–Trinajstić information content (AvgIpc) is 2.61. The molecule has 0 amide bonds. The van der Waals surface area contributed by atoms with E-state index in [1.807, 2.05) is 26.0 Å². The van der Waals surface area contributed by atoms with Gasteiger partial charge in [0.25, 0.3) is 0 Å². The van der Waals surface area contributed by atoms with Crippen molar-refractivity contribution in [2.45, 2.75) is 70.7 Å². The van der Waals surface area contributed by atoms with Crippen molar-refractivity contribution in [1.29, 1.82) is 0 Å². The van der Waals surface area contributed by atoms with Gasteiger partial charge in [0.1, 0.15) is 17.1 Å². The van der Waals surface area contributed by atoms with Crippen molar-refractivity contribution in [3.63, 3.8) is 0 Å². The second kappa shape index (κ2) is 7.61. The summed E-state index contributed by atoms with van der Waals surface area (Å²) in [5, 5.41) is 10.8. The van der Waals surface area contributed by atoms with Gasteiger partial charge in [-0.25, -0.2) is 0 Å². The van der Waals surface area contributed by atoms with Gasteiger partial charge in [-0.05, 0) is 44.7 Å². The molecule has 3 rings (SSSR count). The molecule has 0 saturated heterocycles. The van der Waals surface area contributed by atoms with Crippen LogP contribution in [0, 0.1) is 5.92 Å². The van der Waals surface area contributed by atoms with Gasteiger partial charge in [-0.1, -0.05) is 32.3 Å². The number of rotatable bonds is 6. The summed E-state index contributed by atoms with van der Waals surface area (Å²) in [7, 11) is 3.48. The molecule has 1 aromatic rings. The van der Waals surface area contributed by atoms with Crippen molar-refractivity contribution in [2.24, 2.45) is 5.92 Å². The van der Waals surface area contributed by atoms with Crippen molar-refractivity contribution in [3.05, 3.63) is 28.8 Å². The van der Waals surface area contributed by atoms with E-state index >= 15 is 0 Å². The van der Waals surface area contributed by atoms with Crippen LogP contribution in [-0.2, 0) is 9.47 Å². The molecule has 1 aliphatic carbocycles. The predicted octanol–water partition coefficient (Wildman–Crippen LogP) is 5.55. The summed E-state index contributed by atoms with van der Waals surface area (Å²) in [4.78, 5) is 0. The number of methoxy groups -OCH3 is 2. The van der Waals surface area contributed by atoms with Gasteiger partial charge in [0.05, 0.1) is 12.2 Å². The highest BCUT2D eigenvalue weighted by atomic mass is 16.5. The van der Waals surface area contributed by atoms with Crippen molar-refractivity contribution in [3.8, 4) is 11.5 Å². The third kappa shape index (κ3) is 3.49. The number of benzene rings is 1. The SMILES string of the molecule is CCCCC[C@@H]1C[C@@H](OC)c2c3c(cc(O)c2[C@H]1OC)C=CC(C)(C)O3. The van der Waals surface area contributed by atoms with E-state index in [-0.39, 0.29) is 23.6 Å². The Hall–Kier alpha value is -1.52. The number of aromatic hydroxyl groups is 1. The topological polar surface area (TPSA) is 47.9 Å². The first-order valence-electron chi connectivity index (χ1n) is 9.75. The average molecular weight is 360 g/mol. The molecule has 0 unspecified atom stereocenters. The first-order valence-corrected chi connectivity index (χ1v) is 9.75. The molecule has 1 heterocycles. The lowest BCUT2D eigenvalue weighted by molar-refractivity contribution is -0.0157. The van der Waals surface area contributed by atoms with Gasteiger partial charge in [-0.2, -0.15) is 0 Å². The molecule has 0 radical (unpaired) electrons. The van der Waals surface area contributed by atoms with Crippen molar-refractivity contribution in [1.82, 2.24) is 0 Å². The minimum absolute atomic E-state index is 0.0915. The van der Waals surface area contributed by atoms with Gasteiger partial charge >= 0.3 is 0 Å². The predicted molar refractivity (Wildman–Crippen MR) is 104 cm³/mol. The summed E-state index contributed by atoms with van der Waals surface area (Å²) in [5.41, 5.74) is 2.33. The quantitative estimate of drug-likeness (QED) is 0.676. The fraction of sp³-hybridized carbons (Fsp3) is 0.636. The van der Waals surface area contributed by atoms with E-state index < -0.39 is 0 Å². The van der Waals surface area contributed by atoms with Crippen LogP contribution < -0.4 is 4.74 Å². The van der Waals surface area contributed by atoms with Gasteiger partial charge in [-0.15, -0.1) is 0 Å². The fourth-order valence-electron chi connectivity index (χ4n) is 4.35. The summed E-state index contributed by atoms with van der Waals surface area (Å²) in [6, 6.07) is 1.80. The Kier molecular flexibility index (Phi) is 5.64. The Morgan fingerprint density at radius 2 is 1.96 bits per heavy atom. The van der Waals surface area contributed by atoms with E-state index in [1.54, 1.807) is 20.3 Å². The molecule has 0 fully saturated rings. The van der Waals surface area contributed by atoms with Crippen LogP contribution in [0.2, 0.25) is 0 Å². The molecule has 1 N–H and O–H groups in total. The lowest BCUT2D eigenvalue weighted by Crippen LogP contribution is -2.32. The monoisotopic (exact) mass is 360 g/mol. The lowest BCUT2D eigenvalue weighted by atomic mass is 9.75. The van der Waals surface area contributed by atoms with Gasteiger partial charge in [0.15, 0.2) is 0 Å². The van der Waals surface area contributed by atoms with Crippen LogP contribution in [0.25, 0.3) is 6.08 Å². The van der Waals surface area contributed by atoms with Crippen molar-refractivity contribution in [2.75, 3.05) is 14.2 Å². The van der Waals surface area contributed by atoms with Crippen LogP contribution in [-0.4, -0.2) is 24.9 Å². The standard InChI is InChI=1S/C22H32O4/c1-6-7-8-9-14-13-17(24-4)19-18(20(14)25-5)16(23)12-15-10-11-22(2,3)26-21(15)19/h10-12,14,17,20,23H,6-9,13H2,1-5H3/t14-,17-,20+/m1/s1. The van der Waals surface area contributed by atoms with Crippen LogP contribution in [0.5, 0.6) is 11.5 Å². The molecule has 4 heteroatoms. The van der Waals surface area contributed by atoms with Crippen LogP contribution in [0.1, 0.15) is 81.8 Å². The van der Waals surface area contributed by atoms with Crippen molar-refractivity contribution >= 4 is 6.08 Å². The Morgan fingerprint density at radius 1 is 1.19 bits per heavy atom. The molecule has 3 atom stereocenters. The lowest BCUT2D eigenvalue weighted by Gasteiger charge is -2.40. The number of fused-ring (bicyclic) bond motifs is 3. The van der Waals surface area contributed by atoms with E-state index in [9.17, 15) is 5.11 Å². The maximum atomic E-state index is 10.8. The van der Waals surface area contributed by atoms with Gasteiger partial charge < -0.3 is 19.3 Å². The molecule has 0 bridgehead atoms. The molecular formula is C22H32O4. The normalized spacial score (nSPS) is 26.1. The number of hydrogen-bond donors (Lipinski definition) is 1. The zero-order valence-electron chi connectivity index (χ0n) is 16.7. The van der Waals surface area contributed by atoms with Crippen LogP contribution in [0.3, 0.4) is 0 Å². The van der Waals surface area contributed by atoms with Crippen LogP contribution >= 0.6 is 0 Å². The molecule has 1 aromatic carbocycles. The highest BCUT2D eigenvalue weighted by molar-refractivity contribution is 5.69. The second-order valence-electron chi connectivity index (χ2n) is 8.05. The molecule has 144 valence electrons.